The Morgan fingerprint density at radius 3 is 2.65 bits per heavy atom. The van der Waals surface area contributed by atoms with Gasteiger partial charge in [-0.05, 0) is 24.6 Å². The van der Waals surface area contributed by atoms with E-state index in [9.17, 15) is 22.8 Å². The summed E-state index contributed by atoms with van der Waals surface area (Å²) >= 11 is 0. The molecule has 2 aromatic heterocycles. The first-order valence-corrected chi connectivity index (χ1v) is 9.33. The van der Waals surface area contributed by atoms with Gasteiger partial charge in [0.05, 0.1) is 23.8 Å². The molecule has 0 bridgehead atoms. The Bertz CT molecular complexity index is 1150. The van der Waals surface area contributed by atoms with E-state index in [-0.39, 0.29) is 11.6 Å². The highest BCUT2D eigenvalue weighted by Gasteiger charge is 2.30. The van der Waals surface area contributed by atoms with Crippen LogP contribution in [0.15, 0.2) is 47.7 Å². The maximum absolute atomic E-state index is 12.7. The van der Waals surface area contributed by atoms with Crippen LogP contribution in [-0.4, -0.2) is 25.8 Å². The second kappa shape index (κ2) is 7.82. The van der Waals surface area contributed by atoms with Crippen LogP contribution in [0.4, 0.5) is 19.1 Å². The monoisotopic (exact) mass is 430 g/mol. The van der Waals surface area contributed by atoms with Gasteiger partial charge in [0.25, 0.3) is 11.5 Å². The molecule has 3 aromatic rings. The summed E-state index contributed by atoms with van der Waals surface area (Å²) in [5, 5.41) is 2.66. The maximum Gasteiger partial charge on any atom is 0.416 e. The molecule has 160 valence electrons. The standard InChI is InChI=1S/C20H17F3N6O2/c1-11(12-2-4-14(5-3-12)20(21,22)23)26-18(31)15-6-17(30)28-19(27-15)29-8-13-7-24-10-25-16(13)9-29/h2-7,10-11H,8-9H2,1H3,(H,26,31)(H,27,28,30)/t11-/m1/s1. The van der Waals surface area contributed by atoms with E-state index in [1.807, 2.05) is 0 Å². The molecule has 1 aliphatic rings. The smallest absolute Gasteiger partial charge is 0.344 e. The molecule has 1 atom stereocenters. The number of nitrogens with one attached hydrogen (secondary N) is 2. The summed E-state index contributed by atoms with van der Waals surface area (Å²) < 4.78 is 38.2. The fourth-order valence-electron chi connectivity index (χ4n) is 3.28. The van der Waals surface area contributed by atoms with Crippen molar-refractivity contribution in [3.8, 4) is 0 Å². The molecule has 0 fully saturated rings. The van der Waals surface area contributed by atoms with E-state index in [1.54, 1.807) is 18.0 Å². The summed E-state index contributed by atoms with van der Waals surface area (Å²) in [5.74, 6) is -0.394. The van der Waals surface area contributed by atoms with E-state index in [1.165, 1.54) is 18.5 Å². The Labute approximate surface area is 174 Å². The molecule has 11 heteroatoms. The third kappa shape index (κ3) is 4.39. The summed E-state index contributed by atoms with van der Waals surface area (Å²) in [7, 11) is 0. The molecule has 1 aromatic carbocycles. The molecule has 3 heterocycles. The van der Waals surface area contributed by atoms with Gasteiger partial charge in [-0.1, -0.05) is 12.1 Å². The van der Waals surface area contributed by atoms with Crippen LogP contribution in [0.2, 0.25) is 0 Å². The van der Waals surface area contributed by atoms with Crippen LogP contribution in [0.1, 0.15) is 45.8 Å². The molecule has 8 nitrogen and oxygen atoms in total. The summed E-state index contributed by atoms with van der Waals surface area (Å²) in [6, 6.07) is 4.98. The summed E-state index contributed by atoms with van der Waals surface area (Å²) in [6.45, 7) is 2.48. The van der Waals surface area contributed by atoms with Crippen molar-refractivity contribution < 1.29 is 18.0 Å². The number of aromatic nitrogens is 4. The number of H-pyrrole nitrogens is 1. The van der Waals surface area contributed by atoms with Crippen LogP contribution in [0.25, 0.3) is 0 Å². The van der Waals surface area contributed by atoms with Crippen LogP contribution in [-0.2, 0) is 19.3 Å². The number of hydrogen-bond acceptors (Lipinski definition) is 6. The Kier molecular flexibility index (Phi) is 5.17. The Balaban J connectivity index is 1.49. The van der Waals surface area contributed by atoms with Gasteiger partial charge in [-0.15, -0.1) is 0 Å². The zero-order valence-corrected chi connectivity index (χ0v) is 16.3. The number of carbonyl (C=O) groups excluding carboxylic acids is 1. The van der Waals surface area contributed by atoms with Crippen LogP contribution in [0, 0.1) is 0 Å². The van der Waals surface area contributed by atoms with Crippen molar-refractivity contribution in [3.63, 3.8) is 0 Å². The SMILES string of the molecule is C[C@@H](NC(=O)c1cc(=O)[nH]c(N2Cc3cncnc3C2)n1)c1ccc(C(F)(F)F)cc1. The number of anilines is 1. The van der Waals surface area contributed by atoms with E-state index >= 15 is 0 Å². The van der Waals surface area contributed by atoms with Crippen LogP contribution in [0.3, 0.4) is 0 Å². The zero-order chi connectivity index (χ0) is 22.2. The third-order valence-electron chi connectivity index (χ3n) is 4.93. The van der Waals surface area contributed by atoms with E-state index in [4.69, 9.17) is 0 Å². The molecule has 31 heavy (non-hydrogen) atoms. The predicted molar refractivity (Wildman–Crippen MR) is 104 cm³/mol. The lowest BCUT2D eigenvalue weighted by Gasteiger charge is -2.17. The summed E-state index contributed by atoms with van der Waals surface area (Å²) in [4.78, 5) is 41.5. The van der Waals surface area contributed by atoms with Gasteiger partial charge >= 0.3 is 6.18 Å². The quantitative estimate of drug-likeness (QED) is 0.660. The van der Waals surface area contributed by atoms with Crippen LogP contribution >= 0.6 is 0 Å². The number of amides is 1. The number of aromatic amines is 1. The molecule has 2 N–H and O–H groups in total. The van der Waals surface area contributed by atoms with Crippen molar-refractivity contribution >= 4 is 11.9 Å². The van der Waals surface area contributed by atoms with Crippen molar-refractivity contribution in [1.82, 2.24) is 25.3 Å². The second-order valence-electron chi connectivity index (χ2n) is 7.12. The lowest BCUT2D eigenvalue weighted by Crippen LogP contribution is -2.30. The molecule has 0 saturated heterocycles. The Hall–Kier alpha value is -3.76. The normalized spacial score (nSPS) is 14.3. The molecule has 0 saturated carbocycles. The van der Waals surface area contributed by atoms with Crippen molar-refractivity contribution in [2.75, 3.05) is 4.90 Å². The van der Waals surface area contributed by atoms with E-state index < -0.39 is 29.2 Å². The number of hydrogen-bond donors (Lipinski definition) is 2. The molecule has 1 amide bonds. The third-order valence-corrected chi connectivity index (χ3v) is 4.93. The van der Waals surface area contributed by atoms with Crippen molar-refractivity contribution in [2.24, 2.45) is 0 Å². The van der Waals surface area contributed by atoms with Gasteiger partial charge in [0.2, 0.25) is 5.95 Å². The molecule has 1 aliphatic heterocycles. The zero-order valence-electron chi connectivity index (χ0n) is 16.3. The second-order valence-corrected chi connectivity index (χ2v) is 7.12. The highest BCUT2D eigenvalue weighted by molar-refractivity contribution is 5.92. The van der Waals surface area contributed by atoms with Gasteiger partial charge in [0.1, 0.15) is 12.0 Å². The van der Waals surface area contributed by atoms with Gasteiger partial charge < -0.3 is 10.2 Å². The van der Waals surface area contributed by atoms with Crippen LogP contribution in [0.5, 0.6) is 0 Å². The fraction of sp³-hybridized carbons (Fsp3) is 0.250. The molecule has 0 spiro atoms. The Morgan fingerprint density at radius 1 is 1.23 bits per heavy atom. The highest BCUT2D eigenvalue weighted by Crippen LogP contribution is 2.30. The molecular weight excluding hydrogens is 413 g/mol. The number of nitrogens with zero attached hydrogens (tertiary/aromatic N) is 4. The first-order chi connectivity index (χ1) is 14.7. The summed E-state index contributed by atoms with van der Waals surface area (Å²) in [5.41, 5.74) is 0.824. The van der Waals surface area contributed by atoms with Crippen LogP contribution < -0.4 is 15.8 Å². The average molecular weight is 430 g/mol. The lowest BCUT2D eigenvalue weighted by molar-refractivity contribution is -0.137. The first-order valence-electron chi connectivity index (χ1n) is 9.33. The van der Waals surface area contributed by atoms with Gasteiger partial charge in [-0.3, -0.25) is 14.6 Å². The van der Waals surface area contributed by atoms with Crippen molar-refractivity contribution in [2.45, 2.75) is 32.2 Å². The first kappa shape index (κ1) is 20.5. The number of carbonyl (C=O) groups is 1. The maximum atomic E-state index is 12.7. The molecule has 0 radical (unpaired) electrons. The van der Waals surface area contributed by atoms with E-state index in [0.29, 0.717) is 18.7 Å². The minimum atomic E-state index is -4.43. The minimum absolute atomic E-state index is 0.0976. The molecular formula is C20H17F3N6O2. The van der Waals surface area contributed by atoms with E-state index in [2.05, 4.69) is 25.3 Å². The minimum Gasteiger partial charge on any atom is -0.344 e. The van der Waals surface area contributed by atoms with Gasteiger partial charge in [0.15, 0.2) is 0 Å². The topological polar surface area (TPSA) is 104 Å². The van der Waals surface area contributed by atoms with Gasteiger partial charge in [-0.25, -0.2) is 15.0 Å². The van der Waals surface area contributed by atoms with Crippen molar-refractivity contribution in [3.05, 3.63) is 81.3 Å². The molecule has 4 rings (SSSR count). The lowest BCUT2D eigenvalue weighted by atomic mass is 10.1. The number of benzene rings is 1. The number of alkyl halides is 3. The molecule has 0 aliphatic carbocycles. The average Bonchev–Trinajstić information content (AvgIpc) is 3.17. The molecule has 0 unspecified atom stereocenters. The van der Waals surface area contributed by atoms with Gasteiger partial charge in [0, 0.05) is 24.4 Å². The number of fused-ring (bicyclic) bond motifs is 1. The Morgan fingerprint density at radius 2 is 1.97 bits per heavy atom. The van der Waals surface area contributed by atoms with Gasteiger partial charge in [-0.2, -0.15) is 13.2 Å². The largest absolute Gasteiger partial charge is 0.416 e. The fourth-order valence-corrected chi connectivity index (χ4v) is 3.28. The summed E-state index contributed by atoms with van der Waals surface area (Å²) in [6.07, 6.45) is -1.31. The highest BCUT2D eigenvalue weighted by atomic mass is 19.4. The van der Waals surface area contributed by atoms with Crippen molar-refractivity contribution in [1.29, 1.82) is 0 Å². The van der Waals surface area contributed by atoms with E-state index in [0.717, 1.165) is 29.5 Å². The number of rotatable bonds is 4. The predicted octanol–water partition coefficient (Wildman–Crippen LogP) is 2.59. The number of halogens is 3.